The van der Waals surface area contributed by atoms with Crippen LogP contribution in [0.1, 0.15) is 38.7 Å². The zero-order valence-corrected chi connectivity index (χ0v) is 13.6. The van der Waals surface area contributed by atoms with E-state index in [1.807, 2.05) is 13.0 Å². The van der Waals surface area contributed by atoms with Crippen molar-refractivity contribution in [3.8, 4) is 5.75 Å². The molecule has 5 heteroatoms. The Morgan fingerprint density at radius 3 is 2.60 bits per heavy atom. The second kappa shape index (κ2) is 5.72. The van der Waals surface area contributed by atoms with Crippen LogP contribution in [0, 0.1) is 22.5 Å². The fourth-order valence-corrected chi connectivity index (χ4v) is 4.37. The van der Waals surface area contributed by atoms with Crippen molar-refractivity contribution in [2.75, 3.05) is 0 Å². The number of aryl methyl sites for hydroxylation is 1. The molecule has 0 aliphatic heterocycles. The normalized spacial score (nSPS) is 24.0. The Labute approximate surface area is 127 Å². The van der Waals surface area contributed by atoms with Crippen LogP contribution in [-0.4, -0.2) is 15.9 Å². The van der Waals surface area contributed by atoms with Crippen LogP contribution in [0.2, 0.25) is 0 Å². The van der Waals surface area contributed by atoms with Crippen molar-refractivity contribution in [1.82, 2.24) is 0 Å². The van der Waals surface area contributed by atoms with Gasteiger partial charge in [-0.05, 0) is 31.7 Å². The van der Waals surface area contributed by atoms with Crippen molar-refractivity contribution in [2.45, 2.75) is 51.0 Å². The number of benzene rings is 1. The molecule has 1 aliphatic carbocycles. The van der Waals surface area contributed by atoms with E-state index < -0.39 is 0 Å². The van der Waals surface area contributed by atoms with Gasteiger partial charge in [-0.1, -0.05) is 41.9 Å². The quantitative estimate of drug-likeness (QED) is 0.446. The minimum absolute atomic E-state index is 0.0432. The van der Waals surface area contributed by atoms with Crippen LogP contribution in [0.25, 0.3) is 0 Å². The van der Waals surface area contributed by atoms with Gasteiger partial charge in [0.05, 0.1) is 4.92 Å². The third-order valence-corrected chi connectivity index (χ3v) is 5.94. The van der Waals surface area contributed by atoms with E-state index in [1.165, 1.54) is 6.07 Å². The summed E-state index contributed by atoms with van der Waals surface area (Å²) >= 11 is 3.71. The number of ether oxygens (including phenoxy) is 1. The molecule has 4 nitrogen and oxygen atoms in total. The Hall–Kier alpha value is -1.10. The molecular weight excluding hydrogens is 322 g/mol. The molecule has 0 amide bonds. The molecule has 2 atom stereocenters. The highest BCUT2D eigenvalue weighted by molar-refractivity contribution is 9.09. The molecule has 0 bridgehead atoms. The van der Waals surface area contributed by atoms with Gasteiger partial charge < -0.3 is 4.74 Å². The number of alkyl halides is 1. The first-order valence-electron chi connectivity index (χ1n) is 7.01. The number of nitrogens with zero attached hydrogens (tertiary/aromatic N) is 1. The monoisotopic (exact) mass is 341 g/mol. The van der Waals surface area contributed by atoms with Crippen molar-refractivity contribution in [3.63, 3.8) is 0 Å². The van der Waals surface area contributed by atoms with E-state index in [0.29, 0.717) is 10.6 Å². The lowest BCUT2D eigenvalue weighted by atomic mass is 9.62. The van der Waals surface area contributed by atoms with Crippen LogP contribution in [0.5, 0.6) is 5.75 Å². The number of nitro benzene ring substituents is 1. The zero-order valence-electron chi connectivity index (χ0n) is 12.1. The summed E-state index contributed by atoms with van der Waals surface area (Å²) in [5.74, 6) is 0.424. The summed E-state index contributed by atoms with van der Waals surface area (Å²) in [6, 6.07) is 5.06. The van der Waals surface area contributed by atoms with Gasteiger partial charge in [-0.3, -0.25) is 10.1 Å². The molecule has 0 radical (unpaired) electrons. The average molecular weight is 342 g/mol. The van der Waals surface area contributed by atoms with Gasteiger partial charge in [0.15, 0.2) is 5.75 Å². The molecule has 1 fully saturated rings. The first kappa shape index (κ1) is 15.3. The molecule has 20 heavy (non-hydrogen) atoms. The smallest absolute Gasteiger partial charge is 0.311 e. The minimum atomic E-state index is -0.369. The maximum atomic E-state index is 11.1. The van der Waals surface area contributed by atoms with Crippen molar-refractivity contribution in [3.05, 3.63) is 33.9 Å². The number of hydrogen-bond acceptors (Lipinski definition) is 3. The summed E-state index contributed by atoms with van der Waals surface area (Å²) < 4.78 is 6.07. The molecule has 0 N–H and O–H groups in total. The van der Waals surface area contributed by atoms with Crippen molar-refractivity contribution < 1.29 is 9.66 Å². The van der Waals surface area contributed by atoms with Gasteiger partial charge in [-0.2, -0.15) is 0 Å². The molecule has 0 heterocycles. The van der Waals surface area contributed by atoms with Crippen LogP contribution >= 0.6 is 15.9 Å². The predicted molar refractivity (Wildman–Crippen MR) is 82.6 cm³/mol. The highest BCUT2D eigenvalue weighted by Gasteiger charge is 2.53. The Kier molecular flexibility index (Phi) is 4.37. The predicted octanol–water partition coefficient (Wildman–Crippen LogP) is 4.62. The molecule has 1 aromatic carbocycles. The van der Waals surface area contributed by atoms with E-state index in [2.05, 4.69) is 29.8 Å². The number of para-hydroxylation sites is 1. The van der Waals surface area contributed by atoms with Crippen molar-refractivity contribution in [1.29, 1.82) is 0 Å². The van der Waals surface area contributed by atoms with Gasteiger partial charge in [0.2, 0.25) is 0 Å². The second-order valence-electron chi connectivity index (χ2n) is 5.43. The summed E-state index contributed by atoms with van der Waals surface area (Å²) in [7, 11) is 0. The van der Waals surface area contributed by atoms with E-state index in [-0.39, 0.29) is 22.1 Å². The van der Waals surface area contributed by atoms with Crippen LogP contribution in [0.15, 0.2) is 18.2 Å². The molecule has 2 unspecified atom stereocenters. The molecule has 2 rings (SSSR count). The zero-order chi connectivity index (χ0) is 14.9. The highest BCUT2D eigenvalue weighted by atomic mass is 79.9. The third-order valence-electron chi connectivity index (χ3n) is 4.65. The minimum Gasteiger partial charge on any atom is -0.483 e. The van der Waals surface area contributed by atoms with E-state index in [1.54, 1.807) is 6.07 Å². The first-order valence-corrected chi connectivity index (χ1v) is 7.92. The summed E-state index contributed by atoms with van der Waals surface area (Å²) in [5.41, 5.74) is 0.957. The number of rotatable bonds is 5. The molecule has 0 spiro atoms. The standard InChI is InChI=1S/C15H20BrNO3/c1-4-15(5-2)12(16)9-13(15)20-14-10(3)7-6-8-11(14)17(18)19/h6-8,12-13H,4-5,9H2,1-3H3. The number of nitro groups is 1. The van der Waals surface area contributed by atoms with Crippen LogP contribution in [-0.2, 0) is 0 Å². The Morgan fingerprint density at radius 2 is 2.10 bits per heavy atom. The Morgan fingerprint density at radius 1 is 1.45 bits per heavy atom. The van der Waals surface area contributed by atoms with Crippen molar-refractivity contribution >= 4 is 21.6 Å². The lowest BCUT2D eigenvalue weighted by Crippen LogP contribution is -2.56. The molecule has 1 aliphatic rings. The molecular formula is C15H20BrNO3. The van der Waals surface area contributed by atoms with Crippen LogP contribution < -0.4 is 4.74 Å². The van der Waals surface area contributed by atoms with Crippen molar-refractivity contribution in [2.24, 2.45) is 5.41 Å². The molecule has 1 aromatic rings. The Bertz CT molecular complexity index is 514. The molecule has 0 saturated heterocycles. The topological polar surface area (TPSA) is 52.4 Å². The van der Waals surface area contributed by atoms with E-state index in [0.717, 1.165) is 24.8 Å². The fourth-order valence-electron chi connectivity index (χ4n) is 3.09. The summed E-state index contributed by atoms with van der Waals surface area (Å²) in [4.78, 5) is 11.2. The number of hydrogen-bond donors (Lipinski definition) is 0. The fraction of sp³-hybridized carbons (Fsp3) is 0.600. The van der Waals surface area contributed by atoms with Gasteiger partial charge in [0.25, 0.3) is 0 Å². The third kappa shape index (κ3) is 2.32. The average Bonchev–Trinajstić information content (AvgIpc) is 2.41. The van der Waals surface area contributed by atoms with E-state index in [9.17, 15) is 10.1 Å². The highest BCUT2D eigenvalue weighted by Crippen LogP contribution is 2.53. The summed E-state index contributed by atoms with van der Waals surface area (Å²) in [6.45, 7) is 6.16. The van der Waals surface area contributed by atoms with E-state index >= 15 is 0 Å². The second-order valence-corrected chi connectivity index (χ2v) is 6.54. The number of halogens is 1. The first-order chi connectivity index (χ1) is 9.46. The van der Waals surface area contributed by atoms with Gasteiger partial charge in [-0.15, -0.1) is 0 Å². The van der Waals surface area contributed by atoms with Gasteiger partial charge >= 0.3 is 5.69 Å². The molecule has 0 aromatic heterocycles. The van der Waals surface area contributed by atoms with E-state index in [4.69, 9.17) is 4.74 Å². The van der Waals surface area contributed by atoms with Crippen LogP contribution in [0.3, 0.4) is 0 Å². The largest absolute Gasteiger partial charge is 0.483 e. The van der Waals surface area contributed by atoms with Gasteiger partial charge in [0.1, 0.15) is 6.10 Å². The van der Waals surface area contributed by atoms with Crippen LogP contribution in [0.4, 0.5) is 5.69 Å². The lowest BCUT2D eigenvalue weighted by Gasteiger charge is -2.52. The summed E-state index contributed by atoms with van der Waals surface area (Å²) in [5, 5.41) is 11.1. The molecule has 1 saturated carbocycles. The SMILES string of the molecule is CCC1(CC)C(Br)CC1Oc1c(C)cccc1[N+](=O)[O-]. The van der Waals surface area contributed by atoms with Gasteiger partial charge in [-0.25, -0.2) is 0 Å². The summed E-state index contributed by atoms with van der Waals surface area (Å²) in [6.07, 6.45) is 2.95. The maximum absolute atomic E-state index is 11.1. The van der Waals surface area contributed by atoms with Gasteiger partial charge in [0, 0.05) is 16.3 Å². The Balaban J connectivity index is 2.30. The maximum Gasteiger partial charge on any atom is 0.311 e. The lowest BCUT2D eigenvalue weighted by molar-refractivity contribution is -0.386. The molecule has 110 valence electrons.